The second-order valence-corrected chi connectivity index (χ2v) is 2.49. The summed E-state index contributed by atoms with van der Waals surface area (Å²) < 4.78 is 0. The Hall–Kier alpha value is -1.06. The summed E-state index contributed by atoms with van der Waals surface area (Å²) in [5.41, 5.74) is 0. The Balaban J connectivity index is 4.10. The Morgan fingerprint density at radius 2 is 1.00 bits per heavy atom. The first kappa shape index (κ1) is 8.94. The lowest BCUT2D eigenvalue weighted by molar-refractivity contribution is 0.584. The zero-order valence-corrected chi connectivity index (χ0v) is 6.89. The van der Waals surface area contributed by atoms with Gasteiger partial charge in [0.1, 0.15) is 0 Å². The van der Waals surface area contributed by atoms with Crippen LogP contribution in [0, 0.1) is 10.8 Å². The van der Waals surface area contributed by atoms with E-state index < -0.39 is 0 Å². The molecule has 0 aromatic carbocycles. The van der Waals surface area contributed by atoms with Gasteiger partial charge in [-0.2, -0.15) is 0 Å². The fourth-order valence-corrected chi connectivity index (χ4v) is 0.424. The van der Waals surface area contributed by atoms with E-state index in [1.807, 2.05) is 0 Å². The van der Waals surface area contributed by atoms with Gasteiger partial charge in [-0.25, -0.2) is 0 Å². The first-order valence-electron chi connectivity index (χ1n) is 2.99. The largest absolute Gasteiger partial charge is 0.360 e. The Morgan fingerprint density at radius 3 is 1.10 bits per heavy atom. The summed E-state index contributed by atoms with van der Waals surface area (Å²) in [4.78, 5) is 3.20. The monoisotopic (exact) mass is 142 g/mol. The van der Waals surface area contributed by atoms with Gasteiger partial charge in [0, 0.05) is 28.2 Å². The Labute approximate surface area is 61.5 Å². The van der Waals surface area contributed by atoms with Crippen LogP contribution in [0.2, 0.25) is 0 Å². The molecule has 58 valence electrons. The van der Waals surface area contributed by atoms with E-state index in [2.05, 4.69) is 0 Å². The van der Waals surface area contributed by atoms with Crippen LogP contribution in [0.25, 0.3) is 0 Å². The van der Waals surface area contributed by atoms with Gasteiger partial charge in [-0.3, -0.25) is 10.8 Å². The van der Waals surface area contributed by atoms with Crippen molar-refractivity contribution in [2.75, 3.05) is 28.2 Å². The molecule has 0 aliphatic rings. The third kappa shape index (κ3) is 2.05. The van der Waals surface area contributed by atoms with Gasteiger partial charge >= 0.3 is 0 Å². The van der Waals surface area contributed by atoms with Gasteiger partial charge in [0.05, 0.1) is 0 Å². The molecule has 2 N–H and O–H groups in total. The predicted octanol–water partition coefficient (Wildman–Crippen LogP) is 0.0641. The summed E-state index contributed by atoms with van der Waals surface area (Å²) in [6, 6.07) is 0. The molecular weight excluding hydrogens is 128 g/mol. The van der Waals surface area contributed by atoms with Gasteiger partial charge in [-0.15, -0.1) is 0 Å². The molecule has 0 amide bonds. The lowest BCUT2D eigenvalue weighted by Gasteiger charge is -2.19. The van der Waals surface area contributed by atoms with Crippen LogP contribution < -0.4 is 0 Å². The second kappa shape index (κ2) is 3.20. The van der Waals surface area contributed by atoms with Crippen molar-refractivity contribution in [3.8, 4) is 0 Å². The van der Waals surface area contributed by atoms with Crippen LogP contribution in [-0.4, -0.2) is 49.7 Å². The molecule has 10 heavy (non-hydrogen) atoms. The van der Waals surface area contributed by atoms with Gasteiger partial charge in [-0.1, -0.05) is 0 Å². The quantitative estimate of drug-likeness (QED) is 0.371. The molecular formula is C6H14N4. The van der Waals surface area contributed by atoms with Crippen molar-refractivity contribution in [1.82, 2.24) is 9.80 Å². The van der Waals surface area contributed by atoms with E-state index in [4.69, 9.17) is 10.8 Å². The summed E-state index contributed by atoms with van der Waals surface area (Å²) in [5, 5.41) is 14.7. The molecule has 0 radical (unpaired) electrons. The van der Waals surface area contributed by atoms with Gasteiger partial charge < -0.3 is 9.80 Å². The first-order chi connectivity index (χ1) is 4.46. The van der Waals surface area contributed by atoms with Crippen LogP contribution in [-0.2, 0) is 0 Å². The van der Waals surface area contributed by atoms with E-state index in [0.717, 1.165) is 0 Å². The van der Waals surface area contributed by atoms with Gasteiger partial charge in [0.25, 0.3) is 0 Å². The average molecular weight is 142 g/mol. The van der Waals surface area contributed by atoms with E-state index in [0.29, 0.717) is 0 Å². The summed E-state index contributed by atoms with van der Waals surface area (Å²) >= 11 is 0. The molecule has 0 aromatic rings. The standard InChI is InChI=1S/C6H14N4/c1-9(2)5(7)6(8)10(3)4/h7-8H,1-4H3. The van der Waals surface area contributed by atoms with Crippen LogP contribution in [0.4, 0.5) is 0 Å². The fourth-order valence-electron chi connectivity index (χ4n) is 0.424. The number of amidine groups is 2. The van der Waals surface area contributed by atoms with E-state index in [-0.39, 0.29) is 11.7 Å². The van der Waals surface area contributed by atoms with Crippen molar-refractivity contribution in [3.63, 3.8) is 0 Å². The van der Waals surface area contributed by atoms with Crippen molar-refractivity contribution < 1.29 is 0 Å². The predicted molar refractivity (Wildman–Crippen MR) is 42.8 cm³/mol. The number of nitrogens with zero attached hydrogens (tertiary/aromatic N) is 2. The SMILES string of the molecule is CN(C)C(=N)C(=N)N(C)C. The third-order valence-electron chi connectivity index (χ3n) is 1.12. The maximum atomic E-state index is 7.34. The van der Waals surface area contributed by atoms with Crippen molar-refractivity contribution in [1.29, 1.82) is 10.8 Å². The van der Waals surface area contributed by atoms with Crippen molar-refractivity contribution in [3.05, 3.63) is 0 Å². The van der Waals surface area contributed by atoms with Crippen LogP contribution >= 0.6 is 0 Å². The molecule has 0 heterocycles. The number of hydrogen-bond donors (Lipinski definition) is 2. The smallest absolute Gasteiger partial charge is 0.163 e. The minimum atomic E-state index is 0.227. The van der Waals surface area contributed by atoms with E-state index in [1.54, 1.807) is 38.0 Å². The molecule has 0 rings (SSSR count). The highest BCUT2D eigenvalue weighted by Crippen LogP contribution is 1.85. The van der Waals surface area contributed by atoms with E-state index in [1.165, 1.54) is 0 Å². The summed E-state index contributed by atoms with van der Waals surface area (Å²) in [7, 11) is 7.00. The van der Waals surface area contributed by atoms with Gasteiger partial charge in [0.2, 0.25) is 0 Å². The van der Waals surface area contributed by atoms with Crippen LogP contribution in [0.3, 0.4) is 0 Å². The number of rotatable bonds is 0. The molecule has 4 heteroatoms. The highest BCUT2D eigenvalue weighted by atomic mass is 15.2. The minimum Gasteiger partial charge on any atom is -0.360 e. The zero-order valence-electron chi connectivity index (χ0n) is 6.89. The van der Waals surface area contributed by atoms with Gasteiger partial charge in [0.15, 0.2) is 11.7 Å². The lowest BCUT2D eigenvalue weighted by Crippen LogP contribution is -2.37. The normalized spacial score (nSPS) is 8.80. The molecule has 0 saturated carbocycles. The highest BCUT2D eigenvalue weighted by molar-refractivity contribution is 6.37. The van der Waals surface area contributed by atoms with E-state index >= 15 is 0 Å². The maximum absolute atomic E-state index is 7.34. The third-order valence-corrected chi connectivity index (χ3v) is 1.12. The van der Waals surface area contributed by atoms with E-state index in [9.17, 15) is 0 Å². The molecule has 0 aliphatic heterocycles. The summed E-state index contributed by atoms with van der Waals surface area (Å²) in [6.45, 7) is 0. The Morgan fingerprint density at radius 1 is 0.800 bits per heavy atom. The van der Waals surface area contributed by atoms with Crippen molar-refractivity contribution in [2.45, 2.75) is 0 Å². The molecule has 0 aliphatic carbocycles. The Kier molecular flexibility index (Phi) is 2.86. The summed E-state index contributed by atoms with van der Waals surface area (Å²) in [6.07, 6.45) is 0. The van der Waals surface area contributed by atoms with Crippen LogP contribution in [0.15, 0.2) is 0 Å². The van der Waals surface area contributed by atoms with Crippen molar-refractivity contribution >= 4 is 11.7 Å². The molecule has 0 spiro atoms. The van der Waals surface area contributed by atoms with Crippen molar-refractivity contribution in [2.24, 2.45) is 0 Å². The number of likely N-dealkylation sites (N-methyl/N-ethyl adjacent to an activating group) is 2. The highest BCUT2D eigenvalue weighted by Gasteiger charge is 2.07. The van der Waals surface area contributed by atoms with Crippen LogP contribution in [0.1, 0.15) is 0 Å². The molecule has 0 saturated heterocycles. The molecule has 0 fully saturated rings. The molecule has 0 unspecified atom stereocenters. The molecule has 0 atom stereocenters. The number of nitrogens with one attached hydrogen (secondary N) is 2. The first-order valence-corrected chi connectivity index (χ1v) is 2.99. The fraction of sp³-hybridized carbons (Fsp3) is 0.667. The minimum absolute atomic E-state index is 0.227. The number of hydrogen-bond acceptors (Lipinski definition) is 2. The average Bonchev–Trinajstić information content (AvgIpc) is 1.84. The molecule has 0 bridgehead atoms. The zero-order chi connectivity index (χ0) is 8.31. The lowest BCUT2D eigenvalue weighted by atomic mass is 10.4. The maximum Gasteiger partial charge on any atom is 0.163 e. The second-order valence-electron chi connectivity index (χ2n) is 2.49. The van der Waals surface area contributed by atoms with Gasteiger partial charge in [-0.05, 0) is 0 Å². The topological polar surface area (TPSA) is 54.2 Å². The Bertz CT molecular complexity index is 130. The molecule has 0 aromatic heterocycles. The summed E-state index contributed by atoms with van der Waals surface area (Å²) in [5.74, 6) is 0.454. The van der Waals surface area contributed by atoms with Crippen LogP contribution in [0.5, 0.6) is 0 Å². The molecule has 4 nitrogen and oxygen atoms in total.